The van der Waals surface area contributed by atoms with Crippen molar-refractivity contribution < 1.29 is 0 Å². The molecule has 0 bridgehead atoms. The molecule has 2 nitrogen and oxygen atoms in total. The van der Waals surface area contributed by atoms with Crippen LogP contribution in [-0.4, -0.2) is 30.6 Å². The molecule has 122 valence electrons. The van der Waals surface area contributed by atoms with Crippen molar-refractivity contribution in [2.75, 3.05) is 19.6 Å². The minimum atomic E-state index is 0.518. The van der Waals surface area contributed by atoms with E-state index in [1.807, 2.05) is 0 Å². The number of piperidine rings is 1. The van der Waals surface area contributed by atoms with Crippen LogP contribution in [-0.2, 0) is 0 Å². The van der Waals surface area contributed by atoms with E-state index in [0.29, 0.717) is 6.04 Å². The quantitative estimate of drug-likeness (QED) is 0.882. The topological polar surface area (TPSA) is 15.3 Å². The second-order valence-electron chi connectivity index (χ2n) is 7.44. The van der Waals surface area contributed by atoms with E-state index in [1.54, 1.807) is 0 Å². The van der Waals surface area contributed by atoms with Crippen LogP contribution in [0.2, 0.25) is 0 Å². The molecule has 2 aromatic carbocycles. The highest BCUT2D eigenvalue weighted by Crippen LogP contribution is 2.29. The Morgan fingerprint density at radius 3 is 2.48 bits per heavy atom. The van der Waals surface area contributed by atoms with Crippen molar-refractivity contribution in [3.63, 3.8) is 0 Å². The summed E-state index contributed by atoms with van der Waals surface area (Å²) in [5, 5.41) is 6.48. The van der Waals surface area contributed by atoms with Crippen LogP contribution in [0.25, 0.3) is 10.8 Å². The molecule has 1 heterocycles. The van der Waals surface area contributed by atoms with E-state index in [2.05, 4.69) is 59.6 Å². The highest BCUT2D eigenvalue weighted by Gasteiger charge is 2.26. The maximum Gasteiger partial charge on any atom is 0.0320 e. The summed E-state index contributed by atoms with van der Waals surface area (Å²) >= 11 is 0. The number of nitrogens with zero attached hydrogens (tertiary/aromatic N) is 1. The molecule has 1 unspecified atom stereocenters. The average molecular weight is 308 g/mol. The van der Waals surface area contributed by atoms with E-state index in [1.165, 1.54) is 61.7 Å². The Morgan fingerprint density at radius 2 is 1.74 bits per heavy atom. The third-order valence-electron chi connectivity index (χ3n) is 5.73. The van der Waals surface area contributed by atoms with Crippen LogP contribution < -0.4 is 5.32 Å². The zero-order valence-corrected chi connectivity index (χ0v) is 14.2. The fourth-order valence-corrected chi connectivity index (χ4v) is 3.82. The predicted molar refractivity (Wildman–Crippen MR) is 97.7 cm³/mol. The zero-order valence-electron chi connectivity index (χ0n) is 14.2. The lowest BCUT2D eigenvalue weighted by Crippen LogP contribution is -2.43. The largest absolute Gasteiger partial charge is 0.314 e. The SMILES string of the molecule is CC(c1ccc2ccccc2c1)N1CCC(NCC2CC2)CC1. The van der Waals surface area contributed by atoms with Gasteiger partial charge in [0.05, 0.1) is 0 Å². The van der Waals surface area contributed by atoms with Gasteiger partial charge in [-0.3, -0.25) is 4.90 Å². The van der Waals surface area contributed by atoms with Gasteiger partial charge in [-0.1, -0.05) is 36.4 Å². The molecular weight excluding hydrogens is 280 g/mol. The Morgan fingerprint density at radius 1 is 1.00 bits per heavy atom. The molecule has 0 spiro atoms. The molecule has 4 rings (SSSR count). The molecule has 1 atom stereocenters. The van der Waals surface area contributed by atoms with Crippen molar-refractivity contribution in [3.8, 4) is 0 Å². The molecule has 1 saturated heterocycles. The number of likely N-dealkylation sites (tertiary alicyclic amines) is 1. The highest BCUT2D eigenvalue weighted by molar-refractivity contribution is 5.83. The van der Waals surface area contributed by atoms with Gasteiger partial charge in [-0.05, 0) is 67.5 Å². The fraction of sp³-hybridized carbons (Fsp3) is 0.524. The Balaban J connectivity index is 1.37. The zero-order chi connectivity index (χ0) is 15.6. The first kappa shape index (κ1) is 15.2. The van der Waals surface area contributed by atoms with Gasteiger partial charge in [0, 0.05) is 25.2 Å². The Hall–Kier alpha value is -1.38. The number of fused-ring (bicyclic) bond motifs is 1. The first-order valence-electron chi connectivity index (χ1n) is 9.26. The molecule has 1 aliphatic heterocycles. The summed E-state index contributed by atoms with van der Waals surface area (Å²) in [4.78, 5) is 2.65. The summed E-state index contributed by atoms with van der Waals surface area (Å²) < 4.78 is 0. The average Bonchev–Trinajstić information content (AvgIpc) is 3.44. The molecule has 2 aromatic rings. The summed E-state index contributed by atoms with van der Waals surface area (Å²) in [6, 6.07) is 16.9. The Labute approximate surface area is 139 Å². The van der Waals surface area contributed by atoms with E-state index >= 15 is 0 Å². The maximum atomic E-state index is 3.78. The maximum absolute atomic E-state index is 3.78. The second-order valence-corrected chi connectivity index (χ2v) is 7.44. The molecule has 0 amide bonds. The highest BCUT2D eigenvalue weighted by atomic mass is 15.2. The molecular formula is C21H28N2. The van der Waals surface area contributed by atoms with Crippen molar-refractivity contribution >= 4 is 10.8 Å². The number of hydrogen-bond donors (Lipinski definition) is 1. The standard InChI is InChI=1S/C21H28N2/c1-16(19-9-8-18-4-2-3-5-20(18)14-19)23-12-10-21(11-13-23)22-15-17-6-7-17/h2-5,8-9,14,16-17,21-22H,6-7,10-13,15H2,1H3. The van der Waals surface area contributed by atoms with Gasteiger partial charge in [-0.25, -0.2) is 0 Å². The lowest BCUT2D eigenvalue weighted by atomic mass is 9.98. The van der Waals surface area contributed by atoms with Crippen molar-refractivity contribution in [3.05, 3.63) is 48.0 Å². The minimum absolute atomic E-state index is 0.518. The Kier molecular flexibility index (Phi) is 4.37. The van der Waals surface area contributed by atoms with E-state index in [4.69, 9.17) is 0 Å². The van der Waals surface area contributed by atoms with E-state index in [-0.39, 0.29) is 0 Å². The van der Waals surface area contributed by atoms with Crippen molar-refractivity contribution in [1.29, 1.82) is 0 Å². The fourth-order valence-electron chi connectivity index (χ4n) is 3.82. The van der Waals surface area contributed by atoms with Crippen LogP contribution >= 0.6 is 0 Å². The van der Waals surface area contributed by atoms with Gasteiger partial charge in [0.25, 0.3) is 0 Å². The molecule has 1 saturated carbocycles. The number of nitrogens with one attached hydrogen (secondary N) is 1. The summed E-state index contributed by atoms with van der Waals surface area (Å²) in [6.45, 7) is 6.06. The van der Waals surface area contributed by atoms with Crippen molar-refractivity contribution in [1.82, 2.24) is 10.2 Å². The molecule has 1 aliphatic carbocycles. The van der Waals surface area contributed by atoms with E-state index in [0.717, 1.165) is 12.0 Å². The van der Waals surface area contributed by atoms with Crippen LogP contribution in [0.1, 0.15) is 44.2 Å². The van der Waals surface area contributed by atoms with Crippen LogP contribution in [0.5, 0.6) is 0 Å². The van der Waals surface area contributed by atoms with Crippen LogP contribution in [0.4, 0.5) is 0 Å². The number of rotatable bonds is 5. The van der Waals surface area contributed by atoms with Crippen molar-refractivity contribution in [2.45, 2.75) is 44.7 Å². The van der Waals surface area contributed by atoms with Gasteiger partial charge in [-0.15, -0.1) is 0 Å². The minimum Gasteiger partial charge on any atom is -0.314 e. The smallest absolute Gasteiger partial charge is 0.0320 e. The predicted octanol–water partition coefficient (Wildman–Crippen LogP) is 4.36. The van der Waals surface area contributed by atoms with Crippen LogP contribution in [0.3, 0.4) is 0 Å². The molecule has 2 heteroatoms. The first-order valence-corrected chi connectivity index (χ1v) is 9.26. The van der Waals surface area contributed by atoms with E-state index < -0.39 is 0 Å². The summed E-state index contributed by atoms with van der Waals surface area (Å²) in [5.41, 5.74) is 1.45. The molecule has 23 heavy (non-hydrogen) atoms. The van der Waals surface area contributed by atoms with Gasteiger partial charge in [0.1, 0.15) is 0 Å². The molecule has 0 radical (unpaired) electrons. The van der Waals surface area contributed by atoms with Gasteiger partial charge in [-0.2, -0.15) is 0 Å². The third kappa shape index (κ3) is 3.59. The van der Waals surface area contributed by atoms with Gasteiger partial charge in [0.15, 0.2) is 0 Å². The third-order valence-corrected chi connectivity index (χ3v) is 5.73. The van der Waals surface area contributed by atoms with E-state index in [9.17, 15) is 0 Å². The lowest BCUT2D eigenvalue weighted by Gasteiger charge is -2.36. The molecule has 1 N–H and O–H groups in total. The summed E-state index contributed by atoms with van der Waals surface area (Å²) in [6.07, 6.45) is 5.49. The normalized spacial score (nSPS) is 21.6. The number of hydrogen-bond acceptors (Lipinski definition) is 2. The molecule has 2 fully saturated rings. The molecule has 2 aliphatic rings. The first-order chi connectivity index (χ1) is 11.3. The number of benzene rings is 2. The van der Waals surface area contributed by atoms with Gasteiger partial charge >= 0.3 is 0 Å². The van der Waals surface area contributed by atoms with Gasteiger partial charge < -0.3 is 5.32 Å². The second kappa shape index (κ2) is 6.62. The summed E-state index contributed by atoms with van der Waals surface area (Å²) in [5.74, 6) is 0.990. The van der Waals surface area contributed by atoms with Crippen LogP contribution in [0, 0.1) is 5.92 Å². The monoisotopic (exact) mass is 308 g/mol. The molecule has 0 aromatic heterocycles. The Bertz CT molecular complexity index is 654. The van der Waals surface area contributed by atoms with Gasteiger partial charge in [0.2, 0.25) is 0 Å². The van der Waals surface area contributed by atoms with Crippen LogP contribution in [0.15, 0.2) is 42.5 Å². The van der Waals surface area contributed by atoms with Crippen molar-refractivity contribution in [2.24, 2.45) is 5.92 Å². The summed E-state index contributed by atoms with van der Waals surface area (Å²) in [7, 11) is 0. The lowest BCUT2D eigenvalue weighted by molar-refractivity contribution is 0.152.